The van der Waals surface area contributed by atoms with Crippen molar-refractivity contribution in [2.75, 3.05) is 32.5 Å². The van der Waals surface area contributed by atoms with Crippen LogP contribution in [0.5, 0.6) is 5.75 Å². The molecule has 3 rings (SSSR count). The van der Waals surface area contributed by atoms with Gasteiger partial charge >= 0.3 is 5.97 Å². The number of halogens is 1. The van der Waals surface area contributed by atoms with Gasteiger partial charge in [0.1, 0.15) is 18.5 Å². The number of carbonyl (C=O) groups excluding carboxylic acids is 3. The van der Waals surface area contributed by atoms with Gasteiger partial charge in [0, 0.05) is 26.3 Å². The van der Waals surface area contributed by atoms with E-state index in [1.165, 1.54) is 69.3 Å². The summed E-state index contributed by atoms with van der Waals surface area (Å²) in [6.45, 7) is 3.81. The third kappa shape index (κ3) is 8.49. The minimum atomic E-state index is -4.09. The molecule has 0 radical (unpaired) electrons. The highest BCUT2D eigenvalue weighted by molar-refractivity contribution is 7.90. The number of nitrogens with one attached hydrogen (secondary N) is 2. The van der Waals surface area contributed by atoms with Gasteiger partial charge in [0.05, 0.1) is 27.9 Å². The van der Waals surface area contributed by atoms with Gasteiger partial charge < -0.3 is 20.1 Å². The lowest BCUT2D eigenvalue weighted by atomic mass is 10.0. The van der Waals surface area contributed by atoms with Gasteiger partial charge in [-0.1, -0.05) is 0 Å². The fourth-order valence-corrected chi connectivity index (χ4v) is 6.16. The second kappa shape index (κ2) is 13.2. The Morgan fingerprint density at radius 1 is 1.00 bits per heavy atom. The van der Waals surface area contributed by atoms with Crippen LogP contribution in [0.3, 0.4) is 0 Å². The number of esters is 1. The summed E-state index contributed by atoms with van der Waals surface area (Å²) in [5.41, 5.74) is -1.33. The molecule has 0 unspecified atom stereocenters. The van der Waals surface area contributed by atoms with E-state index in [0.29, 0.717) is 0 Å². The summed E-state index contributed by atoms with van der Waals surface area (Å²) in [4.78, 5) is 35.9. The Balaban J connectivity index is 1.57. The van der Waals surface area contributed by atoms with E-state index in [4.69, 9.17) is 9.47 Å². The van der Waals surface area contributed by atoms with Crippen LogP contribution in [0.25, 0.3) is 0 Å². The molecule has 230 valence electrons. The molecule has 1 heterocycles. The number of ether oxygens (including phenoxy) is 2. The Bertz CT molecular complexity index is 1510. The van der Waals surface area contributed by atoms with Crippen LogP contribution in [0, 0.1) is 0 Å². The zero-order valence-electron chi connectivity index (χ0n) is 23.6. The zero-order valence-corrected chi connectivity index (χ0v) is 25.3. The average molecular weight is 628 g/mol. The van der Waals surface area contributed by atoms with E-state index in [1.54, 1.807) is 0 Å². The monoisotopic (exact) mass is 627 g/mol. The van der Waals surface area contributed by atoms with Gasteiger partial charge in [-0.15, -0.1) is 0 Å². The first-order valence-corrected chi connectivity index (χ1v) is 16.3. The average Bonchev–Trinajstić information content (AvgIpc) is 2.91. The normalized spacial score (nSPS) is 18.1. The van der Waals surface area contributed by atoms with Crippen LogP contribution in [0.4, 0.5) is 4.39 Å². The van der Waals surface area contributed by atoms with Gasteiger partial charge in [-0.25, -0.2) is 26.0 Å². The number of amides is 2. The molecule has 2 atom stereocenters. The van der Waals surface area contributed by atoms with Crippen LogP contribution in [0.2, 0.25) is 0 Å². The van der Waals surface area contributed by atoms with E-state index in [1.807, 2.05) is 0 Å². The number of alkyl halides is 1. The predicted octanol–water partition coefficient (Wildman–Crippen LogP) is 1.46. The van der Waals surface area contributed by atoms with Crippen molar-refractivity contribution in [3.05, 3.63) is 54.1 Å². The lowest BCUT2D eigenvalue weighted by Gasteiger charge is -2.36. The lowest BCUT2D eigenvalue weighted by Crippen LogP contribution is -2.57. The number of hydrogen-bond donors (Lipinski definition) is 2. The molecule has 2 N–H and O–H groups in total. The largest absolute Gasteiger partial charge is 0.478 e. The summed E-state index contributed by atoms with van der Waals surface area (Å²) in [6, 6.07) is 9.58. The van der Waals surface area contributed by atoms with Crippen LogP contribution >= 0.6 is 0 Å². The number of sulfonamides is 1. The number of carbonyl (C=O) groups is 3. The second-order valence-corrected chi connectivity index (χ2v) is 14.2. The SMILES string of the molecule is CC(=O)NCCOC(=O)c1ccc(S(=O)(=O)N2CC[C@@H](NC(=O)C(C)(C)Oc3ccc(S(C)(=O)=O)cc3)[C@H](F)C2)cc1. The molecule has 0 spiro atoms. The molecule has 0 bridgehead atoms. The van der Waals surface area contributed by atoms with E-state index in [0.717, 1.165) is 10.6 Å². The van der Waals surface area contributed by atoms with E-state index in [-0.39, 0.29) is 53.1 Å². The highest BCUT2D eigenvalue weighted by Crippen LogP contribution is 2.25. The molecule has 1 aliphatic heterocycles. The van der Waals surface area contributed by atoms with Gasteiger partial charge in [-0.2, -0.15) is 4.31 Å². The van der Waals surface area contributed by atoms with Crippen molar-refractivity contribution in [2.45, 2.75) is 54.8 Å². The zero-order chi connectivity index (χ0) is 31.3. The van der Waals surface area contributed by atoms with Crippen molar-refractivity contribution in [3.8, 4) is 5.75 Å². The van der Waals surface area contributed by atoms with Gasteiger partial charge in [-0.3, -0.25) is 9.59 Å². The van der Waals surface area contributed by atoms with Crippen LogP contribution < -0.4 is 15.4 Å². The smallest absolute Gasteiger partial charge is 0.338 e. The number of hydrogen-bond acceptors (Lipinski definition) is 9. The van der Waals surface area contributed by atoms with Crippen LogP contribution in [-0.4, -0.2) is 89.2 Å². The lowest BCUT2D eigenvalue weighted by molar-refractivity contribution is -0.135. The van der Waals surface area contributed by atoms with Crippen molar-refractivity contribution in [1.29, 1.82) is 0 Å². The first-order valence-electron chi connectivity index (χ1n) is 13.0. The Labute approximate surface area is 244 Å². The summed E-state index contributed by atoms with van der Waals surface area (Å²) >= 11 is 0. The predicted molar refractivity (Wildman–Crippen MR) is 150 cm³/mol. The number of sulfone groups is 1. The first kappa shape index (κ1) is 32.9. The molecule has 0 aromatic heterocycles. The molecule has 1 saturated heterocycles. The molecule has 12 nitrogen and oxygen atoms in total. The molecule has 15 heteroatoms. The highest BCUT2D eigenvalue weighted by atomic mass is 32.2. The molecule has 2 amide bonds. The quantitative estimate of drug-likeness (QED) is 0.277. The third-order valence-corrected chi connectivity index (χ3v) is 9.44. The molecule has 1 aliphatic rings. The molecule has 42 heavy (non-hydrogen) atoms. The topological polar surface area (TPSA) is 165 Å². The fraction of sp³-hybridized carbons (Fsp3) is 0.444. The molecular formula is C27H34FN3O9S2. The van der Waals surface area contributed by atoms with Crippen molar-refractivity contribution < 1.29 is 45.1 Å². The maximum atomic E-state index is 15.1. The van der Waals surface area contributed by atoms with Gasteiger partial charge in [0.2, 0.25) is 15.9 Å². The standard InChI is InChI=1S/C27H34FN3O9S2/c1-18(32)29-14-16-39-25(33)19-5-9-22(10-6-19)42(37,38)31-15-13-24(23(28)17-31)30-26(34)27(2,3)40-20-7-11-21(12-8-20)41(4,35)36/h5-12,23-24H,13-17H2,1-4H3,(H,29,32)(H,30,34)/t23-,24-/m1/s1. The molecule has 1 fully saturated rings. The van der Waals surface area contributed by atoms with E-state index in [9.17, 15) is 31.2 Å². The summed E-state index contributed by atoms with van der Waals surface area (Å²) < 4.78 is 76.4. The minimum Gasteiger partial charge on any atom is -0.478 e. The number of rotatable bonds is 11. The van der Waals surface area contributed by atoms with E-state index >= 15 is 4.39 Å². The maximum Gasteiger partial charge on any atom is 0.338 e. The van der Waals surface area contributed by atoms with Gasteiger partial charge in [0.15, 0.2) is 15.4 Å². The summed E-state index contributed by atoms with van der Waals surface area (Å²) in [6.07, 6.45) is -0.636. The van der Waals surface area contributed by atoms with Gasteiger partial charge in [0.25, 0.3) is 5.91 Å². The number of piperidine rings is 1. The van der Waals surface area contributed by atoms with Crippen LogP contribution in [0.1, 0.15) is 37.6 Å². The van der Waals surface area contributed by atoms with Crippen molar-refractivity contribution >= 4 is 37.6 Å². The highest BCUT2D eigenvalue weighted by Gasteiger charge is 2.39. The Kier molecular flexibility index (Phi) is 10.3. The van der Waals surface area contributed by atoms with E-state index in [2.05, 4.69) is 10.6 Å². The summed E-state index contributed by atoms with van der Waals surface area (Å²) in [5, 5.41) is 5.07. The van der Waals surface area contributed by atoms with Crippen LogP contribution in [-0.2, 0) is 34.2 Å². The molecule has 2 aromatic rings. The van der Waals surface area contributed by atoms with Crippen molar-refractivity contribution in [1.82, 2.24) is 14.9 Å². The van der Waals surface area contributed by atoms with Crippen molar-refractivity contribution in [2.24, 2.45) is 0 Å². The third-order valence-electron chi connectivity index (χ3n) is 6.43. The van der Waals surface area contributed by atoms with Crippen LogP contribution in [0.15, 0.2) is 58.3 Å². The van der Waals surface area contributed by atoms with Gasteiger partial charge in [-0.05, 0) is 68.8 Å². The Hall–Kier alpha value is -3.56. The number of benzene rings is 2. The molecular weight excluding hydrogens is 593 g/mol. The number of nitrogens with zero attached hydrogens (tertiary/aromatic N) is 1. The fourth-order valence-electron chi connectivity index (χ4n) is 4.06. The first-order chi connectivity index (χ1) is 19.5. The second-order valence-electron chi connectivity index (χ2n) is 10.2. The Morgan fingerprint density at radius 2 is 1.60 bits per heavy atom. The molecule has 0 saturated carbocycles. The minimum absolute atomic E-state index is 0.00395. The van der Waals surface area contributed by atoms with Crippen molar-refractivity contribution in [3.63, 3.8) is 0 Å². The summed E-state index contributed by atoms with van der Waals surface area (Å²) in [5.74, 6) is -1.35. The molecule has 0 aliphatic carbocycles. The molecule has 2 aromatic carbocycles. The summed E-state index contributed by atoms with van der Waals surface area (Å²) in [7, 11) is -7.49. The Morgan fingerprint density at radius 3 is 2.14 bits per heavy atom. The van der Waals surface area contributed by atoms with E-state index < -0.39 is 56.1 Å². The maximum absolute atomic E-state index is 15.1.